The van der Waals surface area contributed by atoms with Gasteiger partial charge in [0.15, 0.2) is 11.5 Å². The summed E-state index contributed by atoms with van der Waals surface area (Å²) < 4.78 is 38.9. The molecule has 3 rings (SSSR count). The highest BCUT2D eigenvalue weighted by Crippen LogP contribution is 2.29. The van der Waals surface area contributed by atoms with E-state index in [2.05, 4.69) is 5.32 Å². The lowest BCUT2D eigenvalue weighted by atomic mass is 10.2. The highest BCUT2D eigenvalue weighted by molar-refractivity contribution is 7.86. The number of hydrogen-bond donors (Lipinski definition) is 1. The highest BCUT2D eigenvalue weighted by Gasteiger charge is 2.34. The first-order valence-corrected chi connectivity index (χ1v) is 11.1. The van der Waals surface area contributed by atoms with Gasteiger partial charge in [-0.2, -0.15) is 17.0 Å². The minimum Gasteiger partial charge on any atom is -0.493 e. The summed E-state index contributed by atoms with van der Waals surface area (Å²) in [7, 11) is -0.735. The lowest BCUT2D eigenvalue weighted by Gasteiger charge is -2.34. The zero-order valence-corrected chi connectivity index (χ0v) is 18.4. The number of hydrogen-bond acceptors (Lipinski definition) is 5. The second-order valence-corrected chi connectivity index (χ2v) is 9.14. The van der Waals surface area contributed by atoms with Crippen LogP contribution in [0.3, 0.4) is 0 Å². The summed E-state index contributed by atoms with van der Waals surface area (Å²) in [4.78, 5) is 12.5. The van der Waals surface area contributed by atoms with Gasteiger partial charge in [0.05, 0.1) is 20.8 Å². The molecule has 0 aliphatic carbocycles. The van der Waals surface area contributed by atoms with Gasteiger partial charge in [0.2, 0.25) is 5.91 Å². The van der Waals surface area contributed by atoms with Crippen molar-refractivity contribution in [3.05, 3.63) is 53.1 Å². The molecule has 30 heavy (non-hydrogen) atoms. The van der Waals surface area contributed by atoms with E-state index in [9.17, 15) is 13.2 Å². The molecule has 0 saturated carbocycles. The van der Waals surface area contributed by atoms with E-state index >= 15 is 0 Å². The maximum atomic E-state index is 13.0. The van der Waals surface area contributed by atoms with Crippen LogP contribution >= 0.6 is 11.6 Å². The Labute approximate surface area is 181 Å². The number of carbonyl (C=O) groups excluding carboxylic acids is 1. The van der Waals surface area contributed by atoms with Gasteiger partial charge in [-0.1, -0.05) is 23.7 Å². The van der Waals surface area contributed by atoms with E-state index in [1.807, 2.05) is 0 Å². The number of ether oxygens (including phenoxy) is 2. The lowest BCUT2D eigenvalue weighted by molar-refractivity contribution is -0.116. The SMILES string of the molecule is COc1ccc(NC(=O)CN2CCCN(Cc3ccc(Cl)cc3)S2(=O)=O)cc1OC. The number of nitrogens with one attached hydrogen (secondary N) is 1. The molecule has 1 aliphatic rings. The molecule has 1 aliphatic heterocycles. The number of methoxy groups -OCH3 is 2. The third-order valence-electron chi connectivity index (χ3n) is 4.73. The fourth-order valence-electron chi connectivity index (χ4n) is 3.21. The van der Waals surface area contributed by atoms with Gasteiger partial charge in [-0.15, -0.1) is 0 Å². The summed E-state index contributed by atoms with van der Waals surface area (Å²) in [6, 6.07) is 12.0. The van der Waals surface area contributed by atoms with Crippen molar-refractivity contribution in [3.63, 3.8) is 0 Å². The van der Waals surface area contributed by atoms with Crippen LogP contribution in [0.25, 0.3) is 0 Å². The van der Waals surface area contributed by atoms with Crippen molar-refractivity contribution in [2.24, 2.45) is 0 Å². The Bertz CT molecular complexity index is 998. The largest absolute Gasteiger partial charge is 0.493 e. The zero-order chi connectivity index (χ0) is 21.7. The van der Waals surface area contributed by atoms with Crippen molar-refractivity contribution in [2.45, 2.75) is 13.0 Å². The van der Waals surface area contributed by atoms with Crippen LogP contribution in [0.1, 0.15) is 12.0 Å². The Morgan fingerprint density at radius 2 is 1.70 bits per heavy atom. The van der Waals surface area contributed by atoms with Gasteiger partial charge in [-0.25, -0.2) is 0 Å². The quantitative estimate of drug-likeness (QED) is 0.696. The maximum absolute atomic E-state index is 13.0. The highest BCUT2D eigenvalue weighted by atomic mass is 35.5. The first kappa shape index (κ1) is 22.4. The lowest BCUT2D eigenvalue weighted by Crippen LogP contribution is -2.51. The second kappa shape index (κ2) is 9.65. The fraction of sp³-hybridized carbons (Fsp3) is 0.350. The Balaban J connectivity index is 1.66. The fourth-order valence-corrected chi connectivity index (χ4v) is 4.97. The molecule has 0 unspecified atom stereocenters. The third kappa shape index (κ3) is 5.23. The molecule has 10 heteroatoms. The van der Waals surface area contributed by atoms with Gasteiger partial charge >= 0.3 is 0 Å². The molecule has 1 amide bonds. The van der Waals surface area contributed by atoms with Gasteiger partial charge in [0, 0.05) is 36.4 Å². The van der Waals surface area contributed by atoms with Crippen LogP contribution in [0.5, 0.6) is 11.5 Å². The predicted molar refractivity (Wildman–Crippen MR) is 115 cm³/mol. The Hall–Kier alpha value is -2.33. The Morgan fingerprint density at radius 1 is 1.03 bits per heavy atom. The van der Waals surface area contributed by atoms with E-state index in [1.165, 1.54) is 22.8 Å². The maximum Gasteiger partial charge on any atom is 0.282 e. The normalized spacial score (nSPS) is 16.8. The summed E-state index contributed by atoms with van der Waals surface area (Å²) in [5.41, 5.74) is 1.32. The minimum atomic E-state index is -3.76. The molecule has 2 aromatic rings. The van der Waals surface area contributed by atoms with Crippen molar-refractivity contribution in [1.82, 2.24) is 8.61 Å². The van der Waals surface area contributed by atoms with Crippen molar-refractivity contribution < 1.29 is 22.7 Å². The van der Waals surface area contributed by atoms with E-state index in [0.717, 1.165) is 5.56 Å². The molecule has 162 valence electrons. The molecule has 1 N–H and O–H groups in total. The molecule has 1 heterocycles. The number of nitrogens with zero attached hydrogens (tertiary/aromatic N) is 2. The van der Waals surface area contributed by atoms with Crippen LogP contribution in [-0.2, 0) is 21.5 Å². The number of amides is 1. The van der Waals surface area contributed by atoms with Gasteiger partial charge in [-0.05, 0) is 36.2 Å². The Morgan fingerprint density at radius 3 is 2.37 bits per heavy atom. The monoisotopic (exact) mass is 453 g/mol. The predicted octanol–water partition coefficient (Wildman–Crippen LogP) is 2.75. The molecular weight excluding hydrogens is 430 g/mol. The summed E-state index contributed by atoms with van der Waals surface area (Å²) in [5.74, 6) is 0.570. The number of rotatable bonds is 7. The molecule has 0 bridgehead atoms. The first-order chi connectivity index (χ1) is 14.3. The summed E-state index contributed by atoms with van der Waals surface area (Å²) in [6.45, 7) is 0.651. The zero-order valence-electron chi connectivity index (χ0n) is 16.8. The number of anilines is 1. The standard InChI is InChI=1S/C20H24ClN3O5S/c1-28-18-9-8-17(12-19(18)29-2)22-20(25)14-24-11-3-10-23(30(24,26)27)13-15-4-6-16(21)7-5-15/h4-9,12H,3,10-11,13-14H2,1-2H3,(H,22,25). The number of halogens is 1. The van der Waals surface area contributed by atoms with Crippen LogP contribution in [0, 0.1) is 0 Å². The summed E-state index contributed by atoms with van der Waals surface area (Å²) in [6.07, 6.45) is 0.635. The van der Waals surface area contributed by atoms with Gasteiger partial charge in [0.25, 0.3) is 10.2 Å². The number of benzene rings is 2. The summed E-state index contributed by atoms with van der Waals surface area (Å²) >= 11 is 5.89. The Kier molecular flexibility index (Phi) is 7.19. The molecule has 2 aromatic carbocycles. The van der Waals surface area contributed by atoms with Crippen LogP contribution in [0.15, 0.2) is 42.5 Å². The van der Waals surface area contributed by atoms with Crippen molar-refractivity contribution >= 4 is 33.4 Å². The van der Waals surface area contributed by atoms with Crippen LogP contribution in [-0.4, -0.2) is 56.8 Å². The number of carbonyl (C=O) groups is 1. The second-order valence-electron chi connectivity index (χ2n) is 6.77. The molecule has 0 aromatic heterocycles. The average Bonchev–Trinajstić information content (AvgIpc) is 2.72. The van der Waals surface area contributed by atoms with Crippen molar-refractivity contribution in [2.75, 3.05) is 39.2 Å². The average molecular weight is 454 g/mol. The molecular formula is C20H24ClN3O5S. The van der Waals surface area contributed by atoms with Gasteiger partial charge in [-0.3, -0.25) is 4.79 Å². The summed E-state index contributed by atoms with van der Waals surface area (Å²) in [5, 5.41) is 3.30. The van der Waals surface area contributed by atoms with Crippen molar-refractivity contribution in [3.8, 4) is 11.5 Å². The minimum absolute atomic E-state index is 0.229. The topological polar surface area (TPSA) is 88.2 Å². The molecule has 1 fully saturated rings. The third-order valence-corrected chi connectivity index (χ3v) is 6.91. The molecule has 0 radical (unpaired) electrons. The molecule has 0 atom stereocenters. The van der Waals surface area contributed by atoms with E-state index in [0.29, 0.717) is 41.7 Å². The van der Waals surface area contributed by atoms with Crippen LogP contribution in [0.2, 0.25) is 5.02 Å². The first-order valence-electron chi connectivity index (χ1n) is 9.35. The van der Waals surface area contributed by atoms with Crippen LogP contribution < -0.4 is 14.8 Å². The van der Waals surface area contributed by atoms with E-state index in [1.54, 1.807) is 42.5 Å². The van der Waals surface area contributed by atoms with E-state index in [4.69, 9.17) is 21.1 Å². The molecule has 8 nitrogen and oxygen atoms in total. The van der Waals surface area contributed by atoms with E-state index in [-0.39, 0.29) is 13.1 Å². The van der Waals surface area contributed by atoms with Crippen LogP contribution in [0.4, 0.5) is 5.69 Å². The molecule has 0 spiro atoms. The molecule has 1 saturated heterocycles. The van der Waals surface area contributed by atoms with Gasteiger partial charge in [0.1, 0.15) is 0 Å². The smallest absolute Gasteiger partial charge is 0.282 e. The van der Waals surface area contributed by atoms with E-state index < -0.39 is 16.1 Å². The van der Waals surface area contributed by atoms with Gasteiger partial charge < -0.3 is 14.8 Å². The van der Waals surface area contributed by atoms with Crippen molar-refractivity contribution in [1.29, 1.82) is 0 Å².